The zero-order valence-corrected chi connectivity index (χ0v) is 17.0. The summed E-state index contributed by atoms with van der Waals surface area (Å²) in [6, 6.07) is 5.82. The number of hydrogen-bond acceptors (Lipinski definition) is 6. The highest BCUT2D eigenvalue weighted by Gasteiger charge is 2.21. The fourth-order valence-electron chi connectivity index (χ4n) is 3.29. The van der Waals surface area contributed by atoms with Gasteiger partial charge in [0.1, 0.15) is 17.8 Å². The van der Waals surface area contributed by atoms with Gasteiger partial charge in [-0.1, -0.05) is 13.8 Å². The van der Waals surface area contributed by atoms with Crippen molar-refractivity contribution in [1.82, 2.24) is 15.3 Å². The van der Waals surface area contributed by atoms with Crippen LogP contribution in [0.5, 0.6) is 11.5 Å². The van der Waals surface area contributed by atoms with E-state index in [1.165, 1.54) is 17.5 Å². The van der Waals surface area contributed by atoms with Gasteiger partial charge in [0.05, 0.1) is 14.2 Å². The average molecular weight is 384 g/mol. The molecule has 0 radical (unpaired) electrons. The summed E-state index contributed by atoms with van der Waals surface area (Å²) in [4.78, 5) is 23.0. The lowest BCUT2D eigenvalue weighted by Gasteiger charge is -2.30. The van der Waals surface area contributed by atoms with E-state index in [4.69, 9.17) is 9.47 Å². The second-order valence-corrected chi connectivity index (χ2v) is 7.35. The number of amides is 1. The van der Waals surface area contributed by atoms with Gasteiger partial charge in [0.25, 0.3) is 5.91 Å². The number of anilines is 1. The quantitative estimate of drug-likeness (QED) is 0.791. The number of hydrogen-bond donors (Lipinski definition) is 1. The Bertz CT molecular complexity index is 838. The molecular formula is C21H28N4O3. The molecule has 1 aromatic carbocycles. The Morgan fingerprint density at radius 3 is 2.54 bits per heavy atom. The fraction of sp³-hybridized carbons (Fsp3) is 0.476. The molecule has 150 valence electrons. The minimum Gasteiger partial charge on any atom is -0.493 e. The molecule has 7 nitrogen and oxygen atoms in total. The summed E-state index contributed by atoms with van der Waals surface area (Å²) in [7, 11) is 3.29. The van der Waals surface area contributed by atoms with E-state index in [0.29, 0.717) is 24.7 Å². The van der Waals surface area contributed by atoms with E-state index >= 15 is 0 Å². The molecule has 7 heteroatoms. The van der Waals surface area contributed by atoms with Gasteiger partial charge in [-0.2, -0.15) is 0 Å². The monoisotopic (exact) mass is 384 g/mol. The van der Waals surface area contributed by atoms with Gasteiger partial charge in [-0.05, 0) is 42.0 Å². The van der Waals surface area contributed by atoms with E-state index in [-0.39, 0.29) is 5.91 Å². The van der Waals surface area contributed by atoms with Crippen LogP contribution in [0.25, 0.3) is 0 Å². The lowest BCUT2D eigenvalue weighted by molar-refractivity contribution is 0.0947. The van der Waals surface area contributed by atoms with Crippen molar-refractivity contribution in [1.29, 1.82) is 0 Å². The van der Waals surface area contributed by atoms with Gasteiger partial charge in [-0.15, -0.1) is 0 Å². The van der Waals surface area contributed by atoms with Crippen molar-refractivity contribution in [3.05, 3.63) is 41.3 Å². The highest BCUT2D eigenvalue weighted by atomic mass is 16.5. The number of carbonyl (C=O) groups excluding carboxylic acids is 1. The first-order chi connectivity index (χ1) is 13.5. The number of nitrogens with one attached hydrogen (secondary N) is 1. The Labute approximate surface area is 166 Å². The smallest absolute Gasteiger partial charge is 0.270 e. The molecule has 2 heterocycles. The highest BCUT2D eigenvalue weighted by molar-refractivity contribution is 5.92. The summed E-state index contributed by atoms with van der Waals surface area (Å²) in [5.74, 6) is 2.61. The topological polar surface area (TPSA) is 76.6 Å². The number of nitrogens with zero attached hydrogens (tertiary/aromatic N) is 3. The number of aromatic nitrogens is 2. The van der Waals surface area contributed by atoms with E-state index in [2.05, 4.69) is 34.0 Å². The zero-order chi connectivity index (χ0) is 20.1. The van der Waals surface area contributed by atoms with Crippen molar-refractivity contribution in [2.24, 2.45) is 5.92 Å². The fourth-order valence-corrected chi connectivity index (χ4v) is 3.29. The third-order valence-electron chi connectivity index (χ3n) is 4.93. The van der Waals surface area contributed by atoms with Crippen LogP contribution < -0.4 is 19.7 Å². The standard InChI is InChI=1S/C21H28N4O3/c1-14(2)5-7-22-21(26)17-11-20(24-13-23-17)25-8-6-15-9-18(27-3)19(28-4)10-16(15)12-25/h9-11,13-14H,5-8,12H2,1-4H3,(H,22,26). The third kappa shape index (κ3) is 4.52. The van der Waals surface area contributed by atoms with Crippen molar-refractivity contribution < 1.29 is 14.3 Å². The second-order valence-electron chi connectivity index (χ2n) is 7.35. The van der Waals surface area contributed by atoms with E-state index in [0.717, 1.165) is 36.7 Å². The van der Waals surface area contributed by atoms with E-state index in [9.17, 15) is 4.79 Å². The highest BCUT2D eigenvalue weighted by Crippen LogP contribution is 2.34. The van der Waals surface area contributed by atoms with Crippen LogP contribution >= 0.6 is 0 Å². The predicted molar refractivity (Wildman–Crippen MR) is 108 cm³/mol. The summed E-state index contributed by atoms with van der Waals surface area (Å²) in [5.41, 5.74) is 2.81. The Kier molecular flexibility index (Phi) is 6.34. The molecule has 2 aromatic rings. The molecule has 0 aliphatic carbocycles. The molecule has 0 fully saturated rings. The minimum absolute atomic E-state index is 0.159. The SMILES string of the molecule is COc1cc2c(cc1OC)CN(c1cc(C(=O)NCCC(C)C)ncn1)CC2. The van der Waals surface area contributed by atoms with E-state index in [1.54, 1.807) is 20.3 Å². The van der Waals surface area contributed by atoms with E-state index in [1.807, 2.05) is 12.1 Å². The van der Waals surface area contributed by atoms with E-state index < -0.39 is 0 Å². The Hall–Kier alpha value is -2.83. The summed E-state index contributed by atoms with van der Waals surface area (Å²) < 4.78 is 10.8. The van der Waals surface area contributed by atoms with Crippen molar-refractivity contribution in [3.8, 4) is 11.5 Å². The Morgan fingerprint density at radius 1 is 1.14 bits per heavy atom. The van der Waals surface area contributed by atoms with Crippen LogP contribution in [0.15, 0.2) is 24.5 Å². The molecule has 1 amide bonds. The molecule has 0 spiro atoms. The van der Waals surface area contributed by atoms with Gasteiger partial charge >= 0.3 is 0 Å². The maximum atomic E-state index is 12.4. The van der Waals surface area contributed by atoms with Crippen LogP contribution in [-0.2, 0) is 13.0 Å². The summed E-state index contributed by atoms with van der Waals surface area (Å²) in [5, 5.41) is 2.93. The number of carbonyl (C=O) groups is 1. The lowest BCUT2D eigenvalue weighted by atomic mass is 9.99. The van der Waals surface area contributed by atoms with Gasteiger partial charge in [0.15, 0.2) is 11.5 Å². The van der Waals surface area contributed by atoms with Crippen LogP contribution in [0.2, 0.25) is 0 Å². The number of rotatable bonds is 7. The summed E-state index contributed by atoms with van der Waals surface area (Å²) in [6.07, 6.45) is 3.27. The van der Waals surface area contributed by atoms with Gasteiger partial charge < -0.3 is 19.7 Å². The molecule has 0 saturated heterocycles. The van der Waals surface area contributed by atoms with Crippen LogP contribution in [0, 0.1) is 5.92 Å². The van der Waals surface area contributed by atoms with Gasteiger partial charge in [0, 0.05) is 25.7 Å². The van der Waals surface area contributed by atoms with Gasteiger partial charge in [0.2, 0.25) is 0 Å². The molecule has 1 aliphatic heterocycles. The van der Waals surface area contributed by atoms with Crippen molar-refractivity contribution in [3.63, 3.8) is 0 Å². The molecule has 0 unspecified atom stereocenters. The molecule has 0 bridgehead atoms. The predicted octanol–water partition coefficient (Wildman–Crippen LogP) is 2.83. The third-order valence-corrected chi connectivity index (χ3v) is 4.93. The first-order valence-corrected chi connectivity index (χ1v) is 9.60. The summed E-state index contributed by atoms with van der Waals surface area (Å²) >= 11 is 0. The summed E-state index contributed by atoms with van der Waals surface area (Å²) in [6.45, 7) is 6.42. The number of methoxy groups -OCH3 is 2. The molecule has 1 N–H and O–H groups in total. The Balaban J connectivity index is 1.74. The van der Waals surface area contributed by atoms with Crippen molar-refractivity contribution in [2.75, 3.05) is 32.2 Å². The van der Waals surface area contributed by atoms with Crippen molar-refractivity contribution in [2.45, 2.75) is 33.2 Å². The molecule has 1 aliphatic rings. The van der Waals surface area contributed by atoms with Crippen LogP contribution in [0.1, 0.15) is 41.9 Å². The average Bonchev–Trinajstić information content (AvgIpc) is 2.72. The first-order valence-electron chi connectivity index (χ1n) is 9.60. The van der Waals surface area contributed by atoms with Crippen LogP contribution in [-0.4, -0.2) is 43.2 Å². The van der Waals surface area contributed by atoms with Crippen molar-refractivity contribution >= 4 is 11.7 Å². The molecule has 0 atom stereocenters. The first kappa shape index (κ1) is 19.9. The van der Waals surface area contributed by atoms with Gasteiger partial charge in [-0.3, -0.25) is 4.79 Å². The lowest BCUT2D eigenvalue weighted by Crippen LogP contribution is -2.32. The maximum Gasteiger partial charge on any atom is 0.270 e. The second kappa shape index (κ2) is 8.91. The molecule has 28 heavy (non-hydrogen) atoms. The minimum atomic E-state index is -0.159. The van der Waals surface area contributed by atoms with Crippen LogP contribution in [0.4, 0.5) is 5.82 Å². The Morgan fingerprint density at radius 2 is 1.86 bits per heavy atom. The normalized spacial score (nSPS) is 13.2. The molecule has 1 aromatic heterocycles. The largest absolute Gasteiger partial charge is 0.493 e. The molecule has 3 rings (SSSR count). The maximum absolute atomic E-state index is 12.4. The number of ether oxygens (including phenoxy) is 2. The number of benzene rings is 1. The van der Waals surface area contributed by atoms with Gasteiger partial charge in [-0.25, -0.2) is 9.97 Å². The molecule has 0 saturated carbocycles. The molecular weight excluding hydrogens is 356 g/mol. The van der Waals surface area contributed by atoms with Crippen LogP contribution in [0.3, 0.4) is 0 Å². The zero-order valence-electron chi connectivity index (χ0n) is 17.0. The number of fused-ring (bicyclic) bond motifs is 1.